The van der Waals surface area contributed by atoms with Crippen molar-refractivity contribution in [3.63, 3.8) is 0 Å². The molecule has 2 heterocycles. The summed E-state index contributed by atoms with van der Waals surface area (Å²) in [5, 5.41) is 7.38. The molecule has 0 saturated heterocycles. The summed E-state index contributed by atoms with van der Waals surface area (Å²) in [5.41, 5.74) is 3.33. The van der Waals surface area contributed by atoms with Crippen molar-refractivity contribution >= 4 is 11.6 Å². The highest BCUT2D eigenvalue weighted by Crippen LogP contribution is 2.38. The second-order valence-electron chi connectivity index (χ2n) is 8.39. The summed E-state index contributed by atoms with van der Waals surface area (Å²) in [7, 11) is 1.63. The quantitative estimate of drug-likeness (QED) is 0.370. The van der Waals surface area contributed by atoms with Gasteiger partial charge in [-0.2, -0.15) is 4.98 Å². The number of urea groups is 1. The third-order valence-electron chi connectivity index (χ3n) is 6.11. The van der Waals surface area contributed by atoms with Gasteiger partial charge in [0.15, 0.2) is 0 Å². The molecule has 4 rings (SSSR count). The third-order valence-corrected chi connectivity index (χ3v) is 6.11. The molecule has 1 N–H and O–H groups in total. The molecule has 0 radical (unpaired) electrons. The summed E-state index contributed by atoms with van der Waals surface area (Å²) in [5.74, 6) is 2.39. The number of nitrogens with zero attached hydrogens (tertiary/aromatic N) is 3. The van der Waals surface area contributed by atoms with Crippen molar-refractivity contribution in [3.8, 4) is 22.9 Å². The van der Waals surface area contributed by atoms with Gasteiger partial charge in [0.05, 0.1) is 25.3 Å². The summed E-state index contributed by atoms with van der Waals surface area (Å²) in [6.07, 6.45) is 3.05. The Hall–Kier alpha value is -3.81. The van der Waals surface area contributed by atoms with Gasteiger partial charge in [-0.25, -0.2) is 4.79 Å². The lowest BCUT2D eigenvalue weighted by atomic mass is 9.94. The number of aromatic nitrogens is 2. The maximum absolute atomic E-state index is 13.1. The highest BCUT2D eigenvalue weighted by Gasteiger charge is 2.35. The standard InChI is InChI=1S/C27H32N4O4/c1-5-7-8-17-31-18(3)23(24(28-27(31)32)19-9-13-21(33-4)14-10-19)26-29-25(30-35-26)20-11-15-22(16-12-20)34-6-2/h9-16,24H,5-8,17H2,1-4H3,(H,28,32). The molecule has 1 aliphatic heterocycles. The molecular weight excluding hydrogens is 444 g/mol. The van der Waals surface area contributed by atoms with Crippen LogP contribution in [0.25, 0.3) is 17.0 Å². The SMILES string of the molecule is CCCCCN1C(=O)NC(c2ccc(OC)cc2)C(c2nc(-c3ccc(OCC)cc3)no2)=C1C. The molecule has 184 valence electrons. The van der Waals surface area contributed by atoms with Crippen molar-refractivity contribution in [3.05, 3.63) is 65.7 Å². The van der Waals surface area contributed by atoms with Gasteiger partial charge in [-0.1, -0.05) is 37.1 Å². The van der Waals surface area contributed by atoms with Crippen LogP contribution >= 0.6 is 0 Å². The molecule has 0 saturated carbocycles. The van der Waals surface area contributed by atoms with Crippen LogP contribution in [0.2, 0.25) is 0 Å². The van der Waals surface area contributed by atoms with E-state index in [4.69, 9.17) is 19.0 Å². The van der Waals surface area contributed by atoms with E-state index in [1.807, 2.05) is 62.4 Å². The number of hydrogen-bond donors (Lipinski definition) is 1. The molecule has 0 aliphatic carbocycles. The molecule has 1 atom stereocenters. The van der Waals surface area contributed by atoms with Gasteiger partial charge >= 0.3 is 6.03 Å². The van der Waals surface area contributed by atoms with E-state index in [2.05, 4.69) is 17.4 Å². The molecule has 2 aromatic carbocycles. The number of allylic oxidation sites excluding steroid dienone is 1. The molecule has 0 bridgehead atoms. The molecule has 3 aromatic rings. The molecule has 8 heteroatoms. The highest BCUT2D eigenvalue weighted by atomic mass is 16.5. The Morgan fingerprint density at radius 1 is 1.03 bits per heavy atom. The Morgan fingerprint density at radius 3 is 2.40 bits per heavy atom. The van der Waals surface area contributed by atoms with Crippen LogP contribution in [0.4, 0.5) is 4.79 Å². The first-order valence-electron chi connectivity index (χ1n) is 12.1. The largest absolute Gasteiger partial charge is 0.497 e. The third kappa shape index (κ3) is 5.31. The van der Waals surface area contributed by atoms with Crippen molar-refractivity contribution in [1.29, 1.82) is 0 Å². The number of hydrogen-bond acceptors (Lipinski definition) is 6. The molecular formula is C27H32N4O4. The Bertz CT molecular complexity index is 1170. The Kier molecular flexibility index (Phi) is 7.70. The zero-order valence-electron chi connectivity index (χ0n) is 20.7. The maximum Gasteiger partial charge on any atom is 0.322 e. The topological polar surface area (TPSA) is 89.7 Å². The van der Waals surface area contributed by atoms with E-state index >= 15 is 0 Å². The fraction of sp³-hybridized carbons (Fsp3) is 0.370. The van der Waals surface area contributed by atoms with Crippen LogP contribution < -0.4 is 14.8 Å². The van der Waals surface area contributed by atoms with Crippen LogP contribution in [-0.2, 0) is 0 Å². The number of methoxy groups -OCH3 is 1. The predicted molar refractivity (Wildman–Crippen MR) is 134 cm³/mol. The Morgan fingerprint density at radius 2 is 1.74 bits per heavy atom. The maximum atomic E-state index is 13.1. The van der Waals surface area contributed by atoms with Crippen molar-refractivity contribution in [2.24, 2.45) is 0 Å². The molecule has 8 nitrogen and oxygen atoms in total. The first kappa shape index (κ1) is 24.3. The van der Waals surface area contributed by atoms with Crippen molar-refractivity contribution in [1.82, 2.24) is 20.4 Å². The first-order valence-corrected chi connectivity index (χ1v) is 12.1. The minimum absolute atomic E-state index is 0.130. The second kappa shape index (κ2) is 11.1. The lowest BCUT2D eigenvalue weighted by Crippen LogP contribution is -2.46. The number of unbranched alkanes of at least 4 members (excludes halogenated alkanes) is 2. The van der Waals surface area contributed by atoms with Gasteiger partial charge in [-0.3, -0.25) is 4.90 Å². The van der Waals surface area contributed by atoms with Gasteiger partial charge < -0.3 is 19.3 Å². The van der Waals surface area contributed by atoms with Crippen LogP contribution in [0, 0.1) is 0 Å². The normalized spacial score (nSPS) is 15.8. The van der Waals surface area contributed by atoms with Crippen LogP contribution in [0.15, 0.2) is 58.8 Å². The lowest BCUT2D eigenvalue weighted by Gasteiger charge is -2.35. The summed E-state index contributed by atoms with van der Waals surface area (Å²) < 4.78 is 16.6. The van der Waals surface area contributed by atoms with Gasteiger partial charge in [-0.15, -0.1) is 0 Å². The fourth-order valence-electron chi connectivity index (χ4n) is 4.21. The monoisotopic (exact) mass is 476 g/mol. The van der Waals surface area contributed by atoms with Crippen molar-refractivity contribution in [2.45, 2.75) is 46.1 Å². The number of carbonyl (C=O) groups excluding carboxylic acids is 1. The zero-order valence-corrected chi connectivity index (χ0v) is 20.7. The molecule has 0 fully saturated rings. The van der Waals surface area contributed by atoms with Gasteiger partial charge in [0.25, 0.3) is 5.89 Å². The van der Waals surface area contributed by atoms with E-state index in [1.165, 1.54) is 0 Å². The zero-order chi connectivity index (χ0) is 24.8. The predicted octanol–water partition coefficient (Wildman–Crippen LogP) is 5.83. The summed E-state index contributed by atoms with van der Waals surface area (Å²) in [6, 6.07) is 14.7. The number of carbonyl (C=O) groups is 1. The average Bonchev–Trinajstić information content (AvgIpc) is 3.36. The minimum Gasteiger partial charge on any atom is -0.497 e. The second-order valence-corrected chi connectivity index (χ2v) is 8.39. The number of nitrogens with one attached hydrogen (secondary N) is 1. The van der Waals surface area contributed by atoms with Gasteiger partial charge in [0.2, 0.25) is 5.82 Å². The van der Waals surface area contributed by atoms with E-state index < -0.39 is 6.04 Å². The van der Waals surface area contributed by atoms with Gasteiger partial charge in [0, 0.05) is 17.8 Å². The number of amides is 2. The number of rotatable bonds is 10. The van der Waals surface area contributed by atoms with Crippen molar-refractivity contribution in [2.75, 3.05) is 20.3 Å². The van der Waals surface area contributed by atoms with Crippen molar-refractivity contribution < 1.29 is 18.8 Å². The summed E-state index contributed by atoms with van der Waals surface area (Å²) in [4.78, 5) is 19.6. The van der Waals surface area contributed by atoms with E-state index in [0.717, 1.165) is 53.2 Å². The molecule has 1 aliphatic rings. The van der Waals surface area contributed by atoms with Crippen LogP contribution in [0.1, 0.15) is 57.5 Å². The molecule has 1 aromatic heterocycles. The molecule has 2 amide bonds. The van der Waals surface area contributed by atoms with Crippen LogP contribution in [-0.4, -0.2) is 41.3 Å². The highest BCUT2D eigenvalue weighted by molar-refractivity contribution is 5.86. The minimum atomic E-state index is -0.426. The fourth-order valence-corrected chi connectivity index (χ4v) is 4.21. The first-order chi connectivity index (χ1) is 17.0. The molecule has 1 unspecified atom stereocenters. The van der Waals surface area contributed by atoms with Gasteiger partial charge in [-0.05, 0) is 62.2 Å². The van der Waals surface area contributed by atoms with E-state index in [1.54, 1.807) is 12.0 Å². The smallest absolute Gasteiger partial charge is 0.322 e. The van der Waals surface area contributed by atoms with Crippen LogP contribution in [0.5, 0.6) is 11.5 Å². The van der Waals surface area contributed by atoms with Crippen LogP contribution in [0.3, 0.4) is 0 Å². The lowest BCUT2D eigenvalue weighted by molar-refractivity contribution is 0.204. The average molecular weight is 477 g/mol. The van der Waals surface area contributed by atoms with E-state index in [0.29, 0.717) is 24.9 Å². The summed E-state index contributed by atoms with van der Waals surface area (Å²) in [6.45, 7) is 7.27. The Labute approximate surface area is 205 Å². The van der Waals surface area contributed by atoms with E-state index in [-0.39, 0.29) is 6.03 Å². The Balaban J connectivity index is 1.72. The number of ether oxygens (including phenoxy) is 2. The molecule has 0 spiro atoms. The van der Waals surface area contributed by atoms with E-state index in [9.17, 15) is 4.79 Å². The van der Waals surface area contributed by atoms with Gasteiger partial charge in [0.1, 0.15) is 11.5 Å². The summed E-state index contributed by atoms with van der Waals surface area (Å²) >= 11 is 0. The number of benzene rings is 2. The molecule has 35 heavy (non-hydrogen) atoms.